The normalized spacial score (nSPS) is 13.8. The topological polar surface area (TPSA) is 137 Å². The summed E-state index contributed by atoms with van der Waals surface area (Å²) in [4.78, 5) is 29.7. The van der Waals surface area contributed by atoms with Crippen molar-refractivity contribution in [1.29, 1.82) is 0 Å². The van der Waals surface area contributed by atoms with Gasteiger partial charge in [-0.3, -0.25) is 9.59 Å². The van der Waals surface area contributed by atoms with Gasteiger partial charge in [0.25, 0.3) is 11.8 Å². The summed E-state index contributed by atoms with van der Waals surface area (Å²) in [6.45, 7) is 1.97. The standard InChI is InChI=1S/C27H23FN6O5/c1-15-30-24(33-38-15)21-12-17-11-18(28)5-8-20(17)34(21)19-6-3-16(4-7-19)14-29-26(36)27(9-10-27)31-25(35)22-13-23(37-2)32-39-22/h3-8,11-13H,9-10,14H2,1-2H3,(H,29,36)(H,31,35). The maximum atomic E-state index is 13.9. The molecule has 0 radical (unpaired) electrons. The van der Waals surface area contributed by atoms with Crippen LogP contribution in [0.1, 0.15) is 34.9 Å². The van der Waals surface area contributed by atoms with E-state index in [4.69, 9.17) is 13.8 Å². The number of nitrogens with one attached hydrogen (secondary N) is 2. The van der Waals surface area contributed by atoms with Gasteiger partial charge in [0.15, 0.2) is 0 Å². The highest BCUT2D eigenvalue weighted by Crippen LogP contribution is 2.36. The maximum absolute atomic E-state index is 13.9. The third-order valence-corrected chi connectivity index (χ3v) is 6.63. The number of aromatic nitrogens is 4. The van der Waals surface area contributed by atoms with Crippen molar-refractivity contribution in [3.8, 4) is 23.1 Å². The number of aryl methyl sites for hydroxylation is 1. The summed E-state index contributed by atoms with van der Waals surface area (Å²) in [5, 5.41) is 14.0. The van der Waals surface area contributed by atoms with E-state index in [1.807, 2.05) is 34.9 Å². The van der Waals surface area contributed by atoms with Gasteiger partial charge in [-0.25, -0.2) is 4.39 Å². The van der Waals surface area contributed by atoms with E-state index in [1.54, 1.807) is 13.0 Å². The molecule has 0 bridgehead atoms. The molecule has 1 saturated carbocycles. The molecule has 2 amide bonds. The number of carbonyl (C=O) groups is 2. The fraction of sp³-hybridized carbons (Fsp3) is 0.222. The van der Waals surface area contributed by atoms with Gasteiger partial charge in [-0.05, 0) is 60.0 Å². The van der Waals surface area contributed by atoms with E-state index in [2.05, 4.69) is 25.9 Å². The van der Waals surface area contributed by atoms with Gasteiger partial charge < -0.3 is 29.0 Å². The number of nitrogens with zero attached hydrogens (tertiary/aromatic N) is 4. The molecule has 0 atom stereocenters. The van der Waals surface area contributed by atoms with Crippen molar-refractivity contribution >= 4 is 22.7 Å². The van der Waals surface area contributed by atoms with Gasteiger partial charge in [0.05, 0.1) is 24.4 Å². The molecule has 3 aromatic heterocycles. The summed E-state index contributed by atoms with van der Waals surface area (Å²) < 4.78 is 30.9. The number of fused-ring (bicyclic) bond motifs is 1. The molecule has 2 N–H and O–H groups in total. The van der Waals surface area contributed by atoms with Gasteiger partial charge >= 0.3 is 0 Å². The van der Waals surface area contributed by atoms with Gasteiger partial charge in [0.2, 0.25) is 23.4 Å². The number of ether oxygens (including phenoxy) is 1. The van der Waals surface area contributed by atoms with Crippen molar-refractivity contribution < 1.29 is 27.8 Å². The second kappa shape index (κ2) is 9.39. The van der Waals surface area contributed by atoms with Crippen LogP contribution in [0.5, 0.6) is 5.88 Å². The van der Waals surface area contributed by atoms with Crippen molar-refractivity contribution in [1.82, 2.24) is 30.5 Å². The zero-order valence-electron chi connectivity index (χ0n) is 21.0. The molecular weight excluding hydrogens is 507 g/mol. The minimum Gasteiger partial charge on any atom is -0.479 e. The lowest BCUT2D eigenvalue weighted by Crippen LogP contribution is -2.48. The number of halogens is 1. The summed E-state index contributed by atoms with van der Waals surface area (Å²) >= 11 is 0. The predicted molar refractivity (Wildman–Crippen MR) is 136 cm³/mol. The number of carbonyl (C=O) groups excluding carboxylic acids is 2. The van der Waals surface area contributed by atoms with E-state index >= 15 is 0 Å². The fourth-order valence-electron chi connectivity index (χ4n) is 4.42. The van der Waals surface area contributed by atoms with Gasteiger partial charge in [-0.1, -0.05) is 17.3 Å². The molecule has 1 fully saturated rings. The van der Waals surface area contributed by atoms with E-state index in [0.717, 1.165) is 16.8 Å². The van der Waals surface area contributed by atoms with Crippen LogP contribution in [0.4, 0.5) is 4.39 Å². The molecule has 0 aliphatic heterocycles. The summed E-state index contributed by atoms with van der Waals surface area (Å²) in [5.74, 6) is -0.194. The van der Waals surface area contributed by atoms with Crippen LogP contribution in [0.15, 0.2) is 63.6 Å². The Hall–Kier alpha value is -5.00. The molecule has 5 aromatic rings. The van der Waals surface area contributed by atoms with Crippen LogP contribution in [-0.2, 0) is 11.3 Å². The molecule has 0 saturated heterocycles. The highest BCUT2D eigenvalue weighted by molar-refractivity contribution is 5.99. The lowest BCUT2D eigenvalue weighted by molar-refractivity contribution is -0.124. The van der Waals surface area contributed by atoms with Crippen LogP contribution in [0.3, 0.4) is 0 Å². The molecule has 1 aliphatic rings. The predicted octanol–water partition coefficient (Wildman–Crippen LogP) is 3.70. The summed E-state index contributed by atoms with van der Waals surface area (Å²) in [6, 6.07) is 15.3. The van der Waals surface area contributed by atoms with Gasteiger partial charge in [-0.15, -0.1) is 0 Å². The van der Waals surface area contributed by atoms with Crippen LogP contribution in [0, 0.1) is 12.7 Å². The molecule has 39 heavy (non-hydrogen) atoms. The Morgan fingerprint density at radius 1 is 1.08 bits per heavy atom. The summed E-state index contributed by atoms with van der Waals surface area (Å²) in [7, 11) is 1.41. The molecule has 1 aliphatic carbocycles. The van der Waals surface area contributed by atoms with Crippen molar-refractivity contribution in [3.63, 3.8) is 0 Å². The molecule has 2 aromatic carbocycles. The number of hydrogen-bond donors (Lipinski definition) is 2. The minimum absolute atomic E-state index is 0.0304. The second-order valence-electron chi connectivity index (χ2n) is 9.32. The van der Waals surface area contributed by atoms with Crippen LogP contribution < -0.4 is 15.4 Å². The molecule has 0 unspecified atom stereocenters. The third-order valence-electron chi connectivity index (χ3n) is 6.63. The first kappa shape index (κ1) is 24.3. The van der Waals surface area contributed by atoms with E-state index in [-0.39, 0.29) is 29.9 Å². The first-order valence-electron chi connectivity index (χ1n) is 12.2. The number of amides is 2. The molecule has 6 rings (SSSR count). The maximum Gasteiger partial charge on any atom is 0.290 e. The third kappa shape index (κ3) is 4.60. The van der Waals surface area contributed by atoms with Crippen LogP contribution >= 0.6 is 0 Å². The zero-order chi connectivity index (χ0) is 27.1. The Bertz CT molecular complexity index is 1700. The van der Waals surface area contributed by atoms with E-state index in [0.29, 0.717) is 35.6 Å². The Labute approximate surface area is 220 Å². The SMILES string of the molecule is COc1cc(C(=O)NC2(C(=O)NCc3ccc(-n4c(-c5noc(C)n5)cc5cc(F)ccc54)cc3)CC2)on1. The lowest BCUT2D eigenvalue weighted by Gasteiger charge is -2.16. The van der Waals surface area contributed by atoms with Gasteiger partial charge in [0, 0.05) is 24.5 Å². The molecular formula is C27H23FN6O5. The highest BCUT2D eigenvalue weighted by atomic mass is 19.1. The average Bonchev–Trinajstić information content (AvgIpc) is 3.25. The molecule has 3 heterocycles. The average molecular weight is 531 g/mol. The van der Waals surface area contributed by atoms with Gasteiger partial charge in [0.1, 0.15) is 11.4 Å². The number of rotatable bonds is 8. The molecule has 198 valence electrons. The fourth-order valence-corrected chi connectivity index (χ4v) is 4.42. The molecule has 0 spiro atoms. The van der Waals surface area contributed by atoms with Crippen molar-refractivity contribution in [2.75, 3.05) is 7.11 Å². The zero-order valence-corrected chi connectivity index (χ0v) is 21.0. The molecule has 11 nitrogen and oxygen atoms in total. The Balaban J connectivity index is 1.18. The quantitative estimate of drug-likeness (QED) is 0.310. The first-order valence-corrected chi connectivity index (χ1v) is 12.2. The number of hydrogen-bond acceptors (Lipinski definition) is 8. The smallest absolute Gasteiger partial charge is 0.290 e. The van der Waals surface area contributed by atoms with E-state index in [1.165, 1.54) is 25.3 Å². The Kier molecular flexibility index (Phi) is 5.86. The van der Waals surface area contributed by atoms with Crippen LogP contribution in [0.2, 0.25) is 0 Å². The van der Waals surface area contributed by atoms with E-state index < -0.39 is 11.4 Å². The summed E-state index contributed by atoms with van der Waals surface area (Å²) in [6.07, 6.45) is 1.04. The van der Waals surface area contributed by atoms with Crippen molar-refractivity contribution in [2.24, 2.45) is 0 Å². The Morgan fingerprint density at radius 2 is 1.87 bits per heavy atom. The van der Waals surface area contributed by atoms with Crippen LogP contribution in [-0.4, -0.2) is 44.3 Å². The van der Waals surface area contributed by atoms with Gasteiger partial charge in [-0.2, -0.15) is 4.98 Å². The molecule has 12 heteroatoms. The van der Waals surface area contributed by atoms with Crippen LogP contribution in [0.25, 0.3) is 28.1 Å². The number of methoxy groups -OCH3 is 1. The number of benzene rings is 2. The highest BCUT2D eigenvalue weighted by Gasteiger charge is 2.51. The minimum atomic E-state index is -0.978. The lowest BCUT2D eigenvalue weighted by atomic mass is 10.1. The largest absolute Gasteiger partial charge is 0.479 e. The first-order chi connectivity index (χ1) is 18.8. The summed E-state index contributed by atoms with van der Waals surface area (Å²) in [5.41, 5.74) is 2.12. The van der Waals surface area contributed by atoms with Crippen molar-refractivity contribution in [3.05, 3.63) is 77.6 Å². The Morgan fingerprint density at radius 3 is 2.54 bits per heavy atom. The monoisotopic (exact) mass is 530 g/mol. The van der Waals surface area contributed by atoms with Crippen molar-refractivity contribution in [2.45, 2.75) is 31.8 Å². The second-order valence-corrected chi connectivity index (χ2v) is 9.32. The van der Waals surface area contributed by atoms with E-state index in [9.17, 15) is 14.0 Å².